The van der Waals surface area contributed by atoms with E-state index in [1.165, 1.54) is 4.68 Å². The molecule has 2 aromatic carbocycles. The minimum atomic E-state index is -0.677. The van der Waals surface area contributed by atoms with Gasteiger partial charge < -0.3 is 4.74 Å². The number of aromatic nitrogens is 3. The van der Waals surface area contributed by atoms with Gasteiger partial charge in [0.25, 0.3) is 5.56 Å². The Bertz CT molecular complexity index is 1360. The Hall–Kier alpha value is -4.44. The molecule has 0 N–H and O–H groups in total. The lowest BCUT2D eigenvalue weighted by molar-refractivity contribution is 0.0525. The summed E-state index contributed by atoms with van der Waals surface area (Å²) >= 11 is 0. The highest BCUT2D eigenvalue weighted by Crippen LogP contribution is 2.27. The standard InChI is InChI=1S/C25H20N4O3/c1-3-32-25(31)22-23(19-11-9-18(10-12-19)21-6-4-5-15-27-21)28(2)29(24(22)30)20-13-7-17(16-26)8-14-20/h4-15H,3H2,1-2H3. The summed E-state index contributed by atoms with van der Waals surface area (Å²) in [6, 6.07) is 21.8. The van der Waals surface area contributed by atoms with E-state index in [1.54, 1.807) is 49.1 Å². The van der Waals surface area contributed by atoms with Crippen LogP contribution in [0.15, 0.2) is 77.7 Å². The van der Waals surface area contributed by atoms with E-state index in [4.69, 9.17) is 10.00 Å². The van der Waals surface area contributed by atoms with Crippen LogP contribution in [-0.2, 0) is 11.8 Å². The van der Waals surface area contributed by atoms with Gasteiger partial charge in [0.05, 0.1) is 35.3 Å². The van der Waals surface area contributed by atoms with Gasteiger partial charge in [0, 0.05) is 24.4 Å². The third-order valence-corrected chi connectivity index (χ3v) is 5.11. The molecule has 0 amide bonds. The normalized spacial score (nSPS) is 10.5. The van der Waals surface area contributed by atoms with E-state index < -0.39 is 11.5 Å². The van der Waals surface area contributed by atoms with Crippen LogP contribution in [0.3, 0.4) is 0 Å². The minimum Gasteiger partial charge on any atom is -0.462 e. The Morgan fingerprint density at radius 1 is 1.03 bits per heavy atom. The molecule has 0 bridgehead atoms. The Balaban J connectivity index is 1.88. The average molecular weight is 424 g/mol. The van der Waals surface area contributed by atoms with Crippen molar-refractivity contribution in [3.63, 3.8) is 0 Å². The molecule has 0 aliphatic rings. The number of rotatable bonds is 5. The van der Waals surface area contributed by atoms with Crippen molar-refractivity contribution in [2.75, 3.05) is 6.61 Å². The maximum absolute atomic E-state index is 13.3. The number of carbonyl (C=O) groups excluding carboxylic acids is 1. The first kappa shape index (κ1) is 20.8. The van der Waals surface area contributed by atoms with E-state index in [-0.39, 0.29) is 12.2 Å². The predicted molar refractivity (Wildman–Crippen MR) is 120 cm³/mol. The van der Waals surface area contributed by atoms with Crippen LogP contribution in [0.5, 0.6) is 0 Å². The summed E-state index contributed by atoms with van der Waals surface area (Å²) in [5.41, 5.74) is 3.39. The van der Waals surface area contributed by atoms with Crippen LogP contribution in [0.4, 0.5) is 0 Å². The van der Waals surface area contributed by atoms with E-state index in [2.05, 4.69) is 11.1 Å². The molecule has 0 unspecified atom stereocenters. The Labute approximate surface area is 184 Å². The molecule has 0 saturated carbocycles. The summed E-state index contributed by atoms with van der Waals surface area (Å²) in [4.78, 5) is 30.4. The predicted octanol–water partition coefficient (Wildman–Crippen LogP) is 3.95. The smallest absolute Gasteiger partial charge is 0.346 e. The minimum absolute atomic E-state index is 0.0377. The lowest BCUT2D eigenvalue weighted by Gasteiger charge is -2.11. The van der Waals surface area contributed by atoms with Crippen molar-refractivity contribution in [2.24, 2.45) is 7.05 Å². The molecule has 0 radical (unpaired) electrons. The van der Waals surface area contributed by atoms with Crippen LogP contribution < -0.4 is 5.56 Å². The molecule has 2 heterocycles. The first-order chi connectivity index (χ1) is 15.5. The zero-order chi connectivity index (χ0) is 22.7. The molecular formula is C25H20N4O3. The fourth-order valence-corrected chi connectivity index (χ4v) is 3.62. The maximum Gasteiger partial charge on any atom is 0.346 e. The first-order valence-corrected chi connectivity index (χ1v) is 10.1. The maximum atomic E-state index is 13.3. The topological polar surface area (TPSA) is 89.9 Å². The molecular weight excluding hydrogens is 404 g/mol. The lowest BCUT2D eigenvalue weighted by Crippen LogP contribution is -2.23. The van der Waals surface area contributed by atoms with Crippen molar-refractivity contribution in [3.05, 3.63) is 94.4 Å². The zero-order valence-corrected chi connectivity index (χ0v) is 17.6. The molecule has 2 aromatic heterocycles. The SMILES string of the molecule is CCOC(=O)c1c(-c2ccc(-c3ccccn3)cc2)n(C)n(-c2ccc(C#N)cc2)c1=O. The van der Waals surface area contributed by atoms with Gasteiger partial charge in [-0.3, -0.25) is 14.5 Å². The van der Waals surface area contributed by atoms with E-state index in [0.717, 1.165) is 11.3 Å². The second-order valence-corrected chi connectivity index (χ2v) is 7.04. The monoisotopic (exact) mass is 424 g/mol. The third kappa shape index (κ3) is 3.70. The van der Waals surface area contributed by atoms with Crippen molar-refractivity contribution >= 4 is 5.97 Å². The summed E-state index contributed by atoms with van der Waals surface area (Å²) in [6.07, 6.45) is 1.73. The second kappa shape index (κ2) is 8.74. The summed E-state index contributed by atoms with van der Waals surface area (Å²) in [6.45, 7) is 1.85. The fourth-order valence-electron chi connectivity index (χ4n) is 3.62. The van der Waals surface area contributed by atoms with Gasteiger partial charge >= 0.3 is 5.97 Å². The molecule has 0 saturated heterocycles. The molecule has 0 atom stereocenters. The van der Waals surface area contributed by atoms with Gasteiger partial charge in [-0.1, -0.05) is 30.3 Å². The highest BCUT2D eigenvalue weighted by Gasteiger charge is 2.27. The van der Waals surface area contributed by atoms with E-state index in [9.17, 15) is 9.59 Å². The van der Waals surface area contributed by atoms with Crippen LogP contribution >= 0.6 is 0 Å². The molecule has 7 nitrogen and oxygen atoms in total. The number of esters is 1. The van der Waals surface area contributed by atoms with Crippen molar-refractivity contribution in [1.82, 2.24) is 14.3 Å². The van der Waals surface area contributed by atoms with Crippen LogP contribution in [0.1, 0.15) is 22.8 Å². The summed E-state index contributed by atoms with van der Waals surface area (Å²) < 4.78 is 8.21. The summed E-state index contributed by atoms with van der Waals surface area (Å²) in [7, 11) is 1.71. The Morgan fingerprint density at radius 2 is 1.72 bits per heavy atom. The molecule has 0 fully saturated rings. The molecule has 4 aromatic rings. The number of benzene rings is 2. The Morgan fingerprint density at radius 3 is 2.31 bits per heavy atom. The Kier molecular flexibility index (Phi) is 5.69. The third-order valence-electron chi connectivity index (χ3n) is 5.11. The molecule has 0 aliphatic carbocycles. The lowest BCUT2D eigenvalue weighted by atomic mass is 10.0. The van der Waals surface area contributed by atoms with Crippen molar-refractivity contribution in [1.29, 1.82) is 5.26 Å². The van der Waals surface area contributed by atoms with Crippen molar-refractivity contribution < 1.29 is 9.53 Å². The van der Waals surface area contributed by atoms with Crippen LogP contribution in [0.25, 0.3) is 28.2 Å². The van der Waals surface area contributed by atoms with Gasteiger partial charge in [0.2, 0.25) is 0 Å². The number of carbonyl (C=O) groups is 1. The molecule has 0 spiro atoms. The van der Waals surface area contributed by atoms with Gasteiger partial charge in [-0.05, 0) is 43.3 Å². The quantitative estimate of drug-likeness (QED) is 0.453. The number of pyridine rings is 1. The van der Waals surface area contributed by atoms with Gasteiger partial charge in [-0.15, -0.1) is 0 Å². The van der Waals surface area contributed by atoms with E-state index in [0.29, 0.717) is 22.5 Å². The molecule has 7 heteroatoms. The number of nitriles is 1. The van der Waals surface area contributed by atoms with E-state index in [1.807, 2.05) is 42.5 Å². The molecule has 158 valence electrons. The van der Waals surface area contributed by atoms with Crippen molar-refractivity contribution in [2.45, 2.75) is 6.92 Å². The second-order valence-electron chi connectivity index (χ2n) is 7.04. The van der Waals surface area contributed by atoms with Gasteiger partial charge in [-0.25, -0.2) is 9.48 Å². The number of ether oxygens (including phenoxy) is 1. The van der Waals surface area contributed by atoms with Crippen LogP contribution in [0, 0.1) is 11.3 Å². The summed E-state index contributed by atoms with van der Waals surface area (Å²) in [5.74, 6) is -0.677. The van der Waals surface area contributed by atoms with Crippen LogP contribution in [0.2, 0.25) is 0 Å². The van der Waals surface area contributed by atoms with E-state index >= 15 is 0 Å². The number of hydrogen-bond acceptors (Lipinski definition) is 5. The molecule has 32 heavy (non-hydrogen) atoms. The number of hydrogen-bond donors (Lipinski definition) is 0. The number of nitrogens with zero attached hydrogens (tertiary/aromatic N) is 4. The van der Waals surface area contributed by atoms with Crippen molar-refractivity contribution in [3.8, 4) is 34.3 Å². The first-order valence-electron chi connectivity index (χ1n) is 10.1. The molecule has 0 aliphatic heterocycles. The summed E-state index contributed by atoms with van der Waals surface area (Å²) in [5, 5.41) is 9.05. The largest absolute Gasteiger partial charge is 0.462 e. The van der Waals surface area contributed by atoms with Gasteiger partial charge in [0.15, 0.2) is 5.56 Å². The highest BCUT2D eigenvalue weighted by atomic mass is 16.5. The van der Waals surface area contributed by atoms with Crippen LogP contribution in [-0.4, -0.2) is 26.9 Å². The highest BCUT2D eigenvalue weighted by molar-refractivity contribution is 5.96. The van der Waals surface area contributed by atoms with Gasteiger partial charge in [-0.2, -0.15) is 5.26 Å². The zero-order valence-electron chi connectivity index (χ0n) is 17.6. The molecule has 4 rings (SSSR count). The van der Waals surface area contributed by atoms with Gasteiger partial charge in [0.1, 0.15) is 0 Å². The average Bonchev–Trinajstić information content (AvgIpc) is 3.10. The fraction of sp³-hybridized carbons (Fsp3) is 0.120.